The highest BCUT2D eigenvalue weighted by molar-refractivity contribution is 7.91. The first-order valence-electron chi connectivity index (χ1n) is 10.7. The summed E-state index contributed by atoms with van der Waals surface area (Å²) in [5.74, 6) is -0.480. The van der Waals surface area contributed by atoms with Crippen molar-refractivity contribution >= 4 is 21.2 Å². The number of alkyl halides is 3. The summed E-state index contributed by atoms with van der Waals surface area (Å²) in [4.78, 5) is 7.77. The molecule has 2 heterocycles. The van der Waals surface area contributed by atoms with E-state index in [1.807, 2.05) is 60.7 Å². The van der Waals surface area contributed by atoms with E-state index in [4.69, 9.17) is 4.74 Å². The maximum atomic E-state index is 13.5. The molecule has 0 aliphatic rings. The summed E-state index contributed by atoms with van der Waals surface area (Å²) in [7, 11) is -4.24. The fourth-order valence-corrected chi connectivity index (χ4v) is 5.27. The van der Waals surface area contributed by atoms with Gasteiger partial charge in [-0.2, -0.15) is 13.2 Å². The number of aromatic nitrogens is 2. The number of ether oxygens (including phenoxy) is 1. The highest BCUT2D eigenvalue weighted by Crippen LogP contribution is 2.33. The number of halogens is 3. The van der Waals surface area contributed by atoms with Gasteiger partial charge >= 0.3 is 6.18 Å². The molecule has 0 saturated heterocycles. The Morgan fingerprint density at radius 3 is 2.23 bits per heavy atom. The average molecular weight is 519 g/mol. The van der Waals surface area contributed by atoms with Crippen LogP contribution < -0.4 is 0 Å². The van der Waals surface area contributed by atoms with Gasteiger partial charge in [-0.1, -0.05) is 66.7 Å². The van der Waals surface area contributed by atoms with E-state index in [9.17, 15) is 21.6 Å². The number of benzene rings is 2. The van der Waals surface area contributed by atoms with Gasteiger partial charge < -0.3 is 4.74 Å². The van der Waals surface area contributed by atoms with E-state index in [1.54, 1.807) is 17.5 Å². The molecule has 5 nitrogen and oxygen atoms in total. The second kappa shape index (κ2) is 10.7. The molecule has 0 amide bonds. The lowest BCUT2D eigenvalue weighted by molar-refractivity contribution is -0.141. The second-order valence-electron chi connectivity index (χ2n) is 7.70. The van der Waals surface area contributed by atoms with Crippen LogP contribution in [-0.2, 0) is 27.4 Å². The van der Waals surface area contributed by atoms with Crippen molar-refractivity contribution in [2.24, 2.45) is 0 Å². The fraction of sp³-hybridized carbons (Fsp3) is 0.200. The Kier molecular flexibility index (Phi) is 7.63. The van der Waals surface area contributed by atoms with E-state index in [0.717, 1.165) is 28.5 Å². The summed E-state index contributed by atoms with van der Waals surface area (Å²) < 4.78 is 72.6. The molecule has 35 heavy (non-hydrogen) atoms. The first kappa shape index (κ1) is 25.0. The molecule has 1 atom stereocenters. The number of thiophene rings is 1. The lowest BCUT2D eigenvalue weighted by atomic mass is 10.1. The van der Waals surface area contributed by atoms with Crippen molar-refractivity contribution in [1.82, 2.24) is 9.97 Å². The van der Waals surface area contributed by atoms with Crippen molar-refractivity contribution in [3.63, 3.8) is 0 Å². The molecule has 10 heteroatoms. The Hall–Kier alpha value is -3.08. The molecule has 0 radical (unpaired) electrons. The smallest absolute Gasteiger partial charge is 0.369 e. The molecule has 0 aliphatic carbocycles. The van der Waals surface area contributed by atoms with E-state index < -0.39 is 38.7 Å². The average Bonchev–Trinajstić information content (AvgIpc) is 3.40. The summed E-state index contributed by atoms with van der Waals surface area (Å²) >= 11 is 1.16. The number of nitrogens with zero attached hydrogens (tertiary/aromatic N) is 2. The Morgan fingerprint density at radius 2 is 1.60 bits per heavy atom. The van der Waals surface area contributed by atoms with Gasteiger partial charge in [0.25, 0.3) is 0 Å². The standard InChI is InChI=1S/C25H21F3N2O3S2/c26-25(27,28)23-16-20(22-12-7-14-34-22)29-24(30-23)35(31,32)15-13-21(19-10-5-2-6-11-19)33-17-18-8-3-1-4-9-18/h1-12,14,16,21H,13,15,17H2. The van der Waals surface area contributed by atoms with Crippen LogP contribution in [0.25, 0.3) is 10.6 Å². The zero-order chi connectivity index (χ0) is 24.9. The van der Waals surface area contributed by atoms with Gasteiger partial charge in [-0.3, -0.25) is 0 Å². The van der Waals surface area contributed by atoms with Crippen molar-refractivity contribution < 1.29 is 26.3 Å². The Labute approximate surface area is 205 Å². The van der Waals surface area contributed by atoms with E-state index in [0.29, 0.717) is 4.88 Å². The van der Waals surface area contributed by atoms with Gasteiger partial charge in [0.05, 0.1) is 29.0 Å². The quantitative estimate of drug-likeness (QED) is 0.242. The highest BCUT2D eigenvalue weighted by atomic mass is 32.2. The van der Waals surface area contributed by atoms with E-state index in [-0.39, 0.29) is 18.7 Å². The fourth-order valence-electron chi connectivity index (χ4n) is 3.40. The van der Waals surface area contributed by atoms with Crippen molar-refractivity contribution in [2.75, 3.05) is 5.75 Å². The van der Waals surface area contributed by atoms with Crippen LogP contribution in [0.4, 0.5) is 13.2 Å². The van der Waals surface area contributed by atoms with Gasteiger partial charge in [0.1, 0.15) is 5.69 Å². The summed E-state index contributed by atoms with van der Waals surface area (Å²) in [5, 5.41) is 0.832. The molecule has 0 N–H and O–H groups in total. The molecule has 2 aromatic carbocycles. The predicted octanol–water partition coefficient (Wildman–Crippen LogP) is 6.35. The zero-order valence-corrected chi connectivity index (χ0v) is 20.0. The summed E-state index contributed by atoms with van der Waals surface area (Å²) in [5.41, 5.74) is 0.302. The van der Waals surface area contributed by atoms with Gasteiger partial charge in [-0.25, -0.2) is 18.4 Å². The van der Waals surface area contributed by atoms with Crippen LogP contribution in [0.3, 0.4) is 0 Å². The van der Waals surface area contributed by atoms with Gasteiger partial charge in [0, 0.05) is 0 Å². The van der Waals surface area contributed by atoms with Crippen molar-refractivity contribution in [2.45, 2.75) is 30.5 Å². The topological polar surface area (TPSA) is 69.2 Å². The first-order valence-corrected chi connectivity index (χ1v) is 13.2. The van der Waals surface area contributed by atoms with E-state index in [1.165, 1.54) is 0 Å². The summed E-state index contributed by atoms with van der Waals surface area (Å²) in [6, 6.07) is 22.5. The third-order valence-electron chi connectivity index (χ3n) is 5.16. The molecular weight excluding hydrogens is 497 g/mol. The van der Waals surface area contributed by atoms with Crippen molar-refractivity contribution in [3.8, 4) is 10.6 Å². The molecule has 0 bridgehead atoms. The number of rotatable bonds is 9. The SMILES string of the molecule is O=S(=O)(CCC(OCc1ccccc1)c1ccccc1)c1nc(-c2cccs2)cc(C(F)(F)F)n1. The van der Waals surface area contributed by atoms with E-state index >= 15 is 0 Å². The summed E-state index contributed by atoms with van der Waals surface area (Å²) in [6.07, 6.45) is -5.38. The molecule has 1 unspecified atom stereocenters. The largest absolute Gasteiger partial charge is 0.433 e. The van der Waals surface area contributed by atoms with Crippen LogP contribution in [0, 0.1) is 0 Å². The minimum Gasteiger partial charge on any atom is -0.369 e. The number of sulfone groups is 1. The first-order chi connectivity index (χ1) is 16.7. The third-order valence-corrected chi connectivity index (χ3v) is 7.57. The monoisotopic (exact) mass is 518 g/mol. The van der Waals surface area contributed by atoms with Gasteiger partial charge in [-0.15, -0.1) is 11.3 Å². The minimum absolute atomic E-state index is 0.0210. The van der Waals surface area contributed by atoms with Crippen LogP contribution in [0.2, 0.25) is 0 Å². The Morgan fingerprint density at radius 1 is 0.914 bits per heavy atom. The van der Waals surface area contributed by atoms with E-state index in [2.05, 4.69) is 9.97 Å². The van der Waals surface area contributed by atoms with Crippen LogP contribution >= 0.6 is 11.3 Å². The highest BCUT2D eigenvalue weighted by Gasteiger charge is 2.35. The number of hydrogen-bond acceptors (Lipinski definition) is 6. The second-order valence-corrected chi connectivity index (χ2v) is 10.7. The molecule has 4 aromatic rings. The van der Waals surface area contributed by atoms with Crippen LogP contribution in [-0.4, -0.2) is 24.1 Å². The van der Waals surface area contributed by atoms with Gasteiger partial charge in [0.2, 0.25) is 15.0 Å². The van der Waals surface area contributed by atoms with Crippen LogP contribution in [0.15, 0.2) is 89.4 Å². The predicted molar refractivity (Wildman–Crippen MR) is 127 cm³/mol. The Bertz CT molecular complexity index is 1350. The molecule has 4 rings (SSSR count). The molecule has 182 valence electrons. The van der Waals surface area contributed by atoms with Crippen molar-refractivity contribution in [1.29, 1.82) is 0 Å². The molecule has 2 aromatic heterocycles. The maximum absolute atomic E-state index is 13.5. The third kappa shape index (κ3) is 6.53. The van der Waals surface area contributed by atoms with Crippen LogP contribution in [0.1, 0.15) is 29.3 Å². The molecular formula is C25H21F3N2O3S2. The maximum Gasteiger partial charge on any atom is 0.433 e. The lowest BCUT2D eigenvalue weighted by Gasteiger charge is -2.19. The van der Waals surface area contributed by atoms with Crippen LogP contribution in [0.5, 0.6) is 0 Å². The van der Waals surface area contributed by atoms with Gasteiger partial charge in [0.15, 0.2) is 0 Å². The van der Waals surface area contributed by atoms with Gasteiger partial charge in [-0.05, 0) is 35.1 Å². The lowest BCUT2D eigenvalue weighted by Crippen LogP contribution is -2.18. The summed E-state index contributed by atoms with van der Waals surface area (Å²) in [6.45, 7) is 0.253. The minimum atomic E-state index is -4.81. The van der Waals surface area contributed by atoms with Crippen molar-refractivity contribution in [3.05, 3.63) is 101 Å². The molecule has 0 spiro atoms. The zero-order valence-electron chi connectivity index (χ0n) is 18.4. The molecule has 0 saturated carbocycles. The molecule has 0 aliphatic heterocycles. The Balaban J connectivity index is 1.59. The normalized spacial score (nSPS) is 13.0. The number of hydrogen-bond donors (Lipinski definition) is 0. The molecule has 0 fully saturated rings.